The van der Waals surface area contributed by atoms with E-state index in [0.717, 1.165) is 6.07 Å². The van der Waals surface area contributed by atoms with Crippen molar-refractivity contribution in [3.8, 4) is 5.75 Å². The Morgan fingerprint density at radius 1 is 1.16 bits per heavy atom. The Morgan fingerprint density at radius 2 is 1.87 bits per heavy atom. The fourth-order valence-electron chi connectivity index (χ4n) is 2.90. The summed E-state index contributed by atoms with van der Waals surface area (Å²) in [5.41, 5.74) is 0.387. The number of sulfonamides is 1. The molecule has 0 saturated carbocycles. The molecule has 9 nitrogen and oxygen atoms in total. The normalized spacial score (nSPS) is 14.6. The molecule has 0 bridgehead atoms. The summed E-state index contributed by atoms with van der Waals surface area (Å²) in [5.74, 6) is -0.976. The van der Waals surface area contributed by atoms with Crippen molar-refractivity contribution in [3.63, 3.8) is 0 Å². The maximum atomic E-state index is 12.9. The molecule has 1 aliphatic rings. The third-order valence-electron chi connectivity index (χ3n) is 4.47. The largest absolute Gasteiger partial charge is 0.495 e. The highest BCUT2D eigenvalue weighted by Gasteiger charge is 2.29. The molecule has 0 radical (unpaired) electrons. The van der Waals surface area contributed by atoms with Crippen LogP contribution in [0, 0.1) is 0 Å². The Bertz CT molecular complexity index is 1070. The molecule has 2 aromatic rings. The molecule has 1 saturated heterocycles. The number of halogens is 1. The van der Waals surface area contributed by atoms with Crippen LogP contribution in [0.2, 0.25) is 5.02 Å². The zero-order chi connectivity index (χ0) is 22.4. The van der Waals surface area contributed by atoms with Gasteiger partial charge >= 0.3 is 5.97 Å². The van der Waals surface area contributed by atoms with E-state index in [0.29, 0.717) is 11.4 Å². The summed E-state index contributed by atoms with van der Waals surface area (Å²) in [6.45, 7) is 0.373. The van der Waals surface area contributed by atoms with Gasteiger partial charge in [0.1, 0.15) is 10.6 Å². The molecule has 1 aliphatic heterocycles. The summed E-state index contributed by atoms with van der Waals surface area (Å²) in [6.07, 6.45) is 0. The second-order valence-electron chi connectivity index (χ2n) is 6.49. The number of anilines is 1. The standard InChI is InChI=1S/C20H21ClN2O7S/c1-28-17-5-3-2-4-16(17)22-19(24)13-30-20(25)14-6-7-15(21)18(12-14)31(26,27)23-8-10-29-11-9-23/h2-7,12H,8-11,13H2,1H3,(H,22,24). The molecular weight excluding hydrogens is 448 g/mol. The first-order chi connectivity index (χ1) is 14.8. The summed E-state index contributed by atoms with van der Waals surface area (Å²) < 4.78 is 42.3. The van der Waals surface area contributed by atoms with Gasteiger partial charge in [-0.3, -0.25) is 4.79 Å². The van der Waals surface area contributed by atoms with Crippen molar-refractivity contribution >= 4 is 39.2 Å². The van der Waals surface area contributed by atoms with Gasteiger partial charge < -0.3 is 19.5 Å². The fourth-order valence-corrected chi connectivity index (χ4v) is 4.81. The molecule has 1 heterocycles. The third-order valence-corrected chi connectivity index (χ3v) is 6.85. The first-order valence-electron chi connectivity index (χ1n) is 9.30. The Hall–Kier alpha value is -2.66. The van der Waals surface area contributed by atoms with Crippen LogP contribution in [0.5, 0.6) is 5.75 Å². The number of morpholine rings is 1. The number of hydrogen-bond donors (Lipinski definition) is 1. The second-order valence-corrected chi connectivity index (χ2v) is 8.80. The number of carbonyl (C=O) groups excluding carboxylic acids is 2. The van der Waals surface area contributed by atoms with Crippen LogP contribution in [-0.4, -0.2) is 64.6 Å². The van der Waals surface area contributed by atoms with Gasteiger partial charge in [0.25, 0.3) is 5.91 Å². The number of nitrogens with zero attached hydrogens (tertiary/aromatic N) is 1. The van der Waals surface area contributed by atoms with Crippen LogP contribution >= 0.6 is 11.6 Å². The number of ether oxygens (including phenoxy) is 3. The predicted octanol–water partition coefficient (Wildman–Crippen LogP) is 2.17. The number of para-hydroxylation sites is 2. The number of amides is 1. The summed E-state index contributed by atoms with van der Waals surface area (Å²) in [4.78, 5) is 24.3. The molecule has 0 unspecified atom stereocenters. The number of rotatable bonds is 7. The van der Waals surface area contributed by atoms with Crippen LogP contribution < -0.4 is 10.1 Å². The quantitative estimate of drug-likeness (QED) is 0.620. The number of carbonyl (C=O) groups is 2. The minimum atomic E-state index is -3.91. The number of nitrogens with one attached hydrogen (secondary N) is 1. The molecule has 11 heteroatoms. The molecule has 1 amide bonds. The monoisotopic (exact) mass is 468 g/mol. The van der Waals surface area contributed by atoms with Crippen LogP contribution in [0.3, 0.4) is 0 Å². The summed E-state index contributed by atoms with van der Waals surface area (Å²) >= 11 is 6.09. The van der Waals surface area contributed by atoms with Gasteiger partial charge in [-0.15, -0.1) is 0 Å². The highest BCUT2D eigenvalue weighted by molar-refractivity contribution is 7.89. The first-order valence-corrected chi connectivity index (χ1v) is 11.1. The van der Waals surface area contributed by atoms with Crippen molar-refractivity contribution in [1.29, 1.82) is 0 Å². The van der Waals surface area contributed by atoms with Gasteiger partial charge in [0.15, 0.2) is 6.61 Å². The van der Waals surface area contributed by atoms with Gasteiger partial charge in [-0.05, 0) is 30.3 Å². The molecule has 0 aromatic heterocycles. The van der Waals surface area contributed by atoms with Crippen molar-refractivity contribution < 1.29 is 32.2 Å². The zero-order valence-electron chi connectivity index (χ0n) is 16.7. The average molecular weight is 469 g/mol. The molecule has 1 N–H and O–H groups in total. The van der Waals surface area contributed by atoms with Crippen LogP contribution in [0.4, 0.5) is 5.69 Å². The molecule has 0 aliphatic carbocycles. The van der Waals surface area contributed by atoms with E-state index < -0.39 is 28.5 Å². The van der Waals surface area contributed by atoms with Crippen molar-refractivity contribution in [2.24, 2.45) is 0 Å². The van der Waals surface area contributed by atoms with Gasteiger partial charge in [-0.25, -0.2) is 13.2 Å². The smallest absolute Gasteiger partial charge is 0.338 e. The Kier molecular flexibility index (Phi) is 7.50. The topological polar surface area (TPSA) is 111 Å². The van der Waals surface area contributed by atoms with E-state index >= 15 is 0 Å². The van der Waals surface area contributed by atoms with Gasteiger partial charge in [0.05, 0.1) is 36.6 Å². The minimum absolute atomic E-state index is 0.0167. The maximum absolute atomic E-state index is 12.9. The number of esters is 1. The van der Waals surface area contributed by atoms with Gasteiger partial charge in [0.2, 0.25) is 10.0 Å². The molecule has 2 aromatic carbocycles. The lowest BCUT2D eigenvalue weighted by Gasteiger charge is -2.26. The van der Waals surface area contributed by atoms with Crippen LogP contribution in [0.1, 0.15) is 10.4 Å². The fraction of sp³-hybridized carbons (Fsp3) is 0.300. The van der Waals surface area contributed by atoms with Crippen molar-refractivity contribution in [2.75, 3.05) is 45.3 Å². The molecule has 3 rings (SSSR count). The zero-order valence-corrected chi connectivity index (χ0v) is 18.2. The van der Waals surface area contributed by atoms with E-state index in [1.807, 2.05) is 0 Å². The number of methoxy groups -OCH3 is 1. The Balaban J connectivity index is 1.68. The highest BCUT2D eigenvalue weighted by Crippen LogP contribution is 2.27. The van der Waals surface area contributed by atoms with Gasteiger partial charge in [-0.2, -0.15) is 4.31 Å². The van der Waals surface area contributed by atoms with Crippen molar-refractivity contribution in [2.45, 2.75) is 4.90 Å². The molecule has 31 heavy (non-hydrogen) atoms. The SMILES string of the molecule is COc1ccccc1NC(=O)COC(=O)c1ccc(Cl)c(S(=O)(=O)N2CCOCC2)c1. The first kappa shape index (κ1) is 23.0. The lowest BCUT2D eigenvalue weighted by molar-refractivity contribution is -0.119. The average Bonchev–Trinajstić information content (AvgIpc) is 2.78. The molecule has 166 valence electrons. The van der Waals surface area contributed by atoms with Crippen molar-refractivity contribution in [1.82, 2.24) is 4.31 Å². The summed E-state index contributed by atoms with van der Waals surface area (Å²) in [7, 11) is -2.44. The number of hydrogen-bond acceptors (Lipinski definition) is 7. The predicted molar refractivity (Wildman–Crippen MR) is 113 cm³/mol. The second kappa shape index (κ2) is 10.1. The third kappa shape index (κ3) is 5.53. The molecule has 0 spiro atoms. The van der Waals surface area contributed by atoms with E-state index in [4.69, 9.17) is 25.8 Å². The van der Waals surface area contributed by atoms with E-state index in [-0.39, 0.29) is 41.8 Å². The Morgan fingerprint density at radius 3 is 2.58 bits per heavy atom. The summed E-state index contributed by atoms with van der Waals surface area (Å²) in [6, 6.07) is 10.6. The maximum Gasteiger partial charge on any atom is 0.338 e. The van der Waals surface area contributed by atoms with Crippen LogP contribution in [0.25, 0.3) is 0 Å². The van der Waals surface area contributed by atoms with Crippen LogP contribution in [-0.2, 0) is 24.3 Å². The van der Waals surface area contributed by atoms with E-state index in [2.05, 4.69) is 5.32 Å². The minimum Gasteiger partial charge on any atom is -0.495 e. The highest BCUT2D eigenvalue weighted by atomic mass is 35.5. The lowest BCUT2D eigenvalue weighted by Crippen LogP contribution is -2.40. The van der Waals surface area contributed by atoms with Crippen LogP contribution in [0.15, 0.2) is 47.4 Å². The summed E-state index contributed by atoms with van der Waals surface area (Å²) in [5, 5.41) is 2.56. The molecular formula is C20H21ClN2O7S. The van der Waals surface area contributed by atoms with Gasteiger partial charge in [0, 0.05) is 13.1 Å². The lowest BCUT2D eigenvalue weighted by atomic mass is 10.2. The molecule has 1 fully saturated rings. The van der Waals surface area contributed by atoms with Gasteiger partial charge in [-0.1, -0.05) is 23.7 Å². The molecule has 0 atom stereocenters. The van der Waals surface area contributed by atoms with E-state index in [1.165, 1.54) is 23.5 Å². The van der Waals surface area contributed by atoms with E-state index in [9.17, 15) is 18.0 Å². The Labute approximate surface area is 184 Å². The van der Waals surface area contributed by atoms with E-state index in [1.54, 1.807) is 24.3 Å². The van der Waals surface area contributed by atoms with Crippen molar-refractivity contribution in [3.05, 3.63) is 53.1 Å². The number of benzene rings is 2.